The molecule has 1 aromatic carbocycles. The zero-order valence-electron chi connectivity index (χ0n) is 11.6. The lowest BCUT2D eigenvalue weighted by molar-refractivity contribution is -0.137. The number of hydrogen-bond donors (Lipinski definition) is 2. The molecule has 1 amide bonds. The van der Waals surface area contributed by atoms with Gasteiger partial charge in [0.15, 0.2) is 0 Å². The molecule has 0 spiro atoms. The van der Waals surface area contributed by atoms with Gasteiger partial charge in [-0.05, 0) is 19.1 Å². The van der Waals surface area contributed by atoms with Crippen LogP contribution in [-0.2, 0) is 9.53 Å². The van der Waals surface area contributed by atoms with Crippen LogP contribution in [0.25, 0.3) is 0 Å². The summed E-state index contributed by atoms with van der Waals surface area (Å²) in [4.78, 5) is 22.7. The van der Waals surface area contributed by atoms with Gasteiger partial charge in [-0.2, -0.15) is 0 Å². The van der Waals surface area contributed by atoms with E-state index in [1.165, 1.54) is 0 Å². The average molecular weight is 281 g/mol. The summed E-state index contributed by atoms with van der Waals surface area (Å²) in [6.45, 7) is 2.40. The molecule has 1 aromatic rings. The molecule has 6 nitrogen and oxygen atoms in total. The van der Waals surface area contributed by atoms with Crippen LogP contribution in [0.4, 0.5) is 0 Å². The number of aliphatic carboxylic acids is 1. The molecular weight excluding hydrogens is 262 g/mol. The van der Waals surface area contributed by atoms with Gasteiger partial charge in [-0.3, -0.25) is 9.59 Å². The predicted molar refractivity (Wildman–Crippen MR) is 73.0 cm³/mol. The number of hydrogen-bond acceptors (Lipinski definition) is 4. The topological polar surface area (TPSA) is 84.9 Å². The van der Waals surface area contributed by atoms with Crippen LogP contribution in [0.1, 0.15) is 23.7 Å². The lowest BCUT2D eigenvalue weighted by Gasteiger charge is -2.14. The molecule has 1 rings (SSSR count). The van der Waals surface area contributed by atoms with Crippen LogP contribution in [0, 0.1) is 0 Å². The van der Waals surface area contributed by atoms with Crippen molar-refractivity contribution in [2.45, 2.75) is 19.4 Å². The predicted octanol–water partition coefficient (Wildman–Crippen LogP) is 1.30. The van der Waals surface area contributed by atoms with Crippen molar-refractivity contribution in [2.24, 2.45) is 0 Å². The van der Waals surface area contributed by atoms with E-state index in [4.69, 9.17) is 14.6 Å². The minimum atomic E-state index is -0.956. The van der Waals surface area contributed by atoms with Gasteiger partial charge in [0, 0.05) is 13.2 Å². The number of carbonyl (C=O) groups excluding carboxylic acids is 1. The van der Waals surface area contributed by atoms with Crippen molar-refractivity contribution in [3.8, 4) is 5.75 Å². The molecule has 0 saturated heterocycles. The van der Waals surface area contributed by atoms with Gasteiger partial charge in [0.05, 0.1) is 18.6 Å². The molecule has 20 heavy (non-hydrogen) atoms. The SMILES string of the molecule is COCCOc1ccccc1C(=O)N[C@H](C)CC(=O)O. The fraction of sp³-hybridized carbons (Fsp3) is 0.429. The second-order valence-electron chi connectivity index (χ2n) is 4.31. The molecule has 2 N–H and O–H groups in total. The maximum atomic E-state index is 12.1. The smallest absolute Gasteiger partial charge is 0.305 e. The van der Waals surface area contributed by atoms with Crippen LogP contribution < -0.4 is 10.1 Å². The molecule has 0 aliphatic rings. The molecule has 6 heteroatoms. The summed E-state index contributed by atoms with van der Waals surface area (Å²) < 4.78 is 10.3. The summed E-state index contributed by atoms with van der Waals surface area (Å²) in [6, 6.07) is 6.35. The molecule has 0 aliphatic heterocycles. The number of ether oxygens (including phenoxy) is 2. The van der Waals surface area contributed by atoms with E-state index in [-0.39, 0.29) is 12.3 Å². The monoisotopic (exact) mass is 281 g/mol. The van der Waals surface area contributed by atoms with Crippen LogP contribution in [0.15, 0.2) is 24.3 Å². The number of para-hydroxylation sites is 1. The maximum absolute atomic E-state index is 12.1. The molecule has 0 heterocycles. The number of methoxy groups -OCH3 is 1. The molecule has 0 fully saturated rings. The summed E-state index contributed by atoms with van der Waals surface area (Å²) >= 11 is 0. The van der Waals surface area contributed by atoms with E-state index in [1.54, 1.807) is 38.3 Å². The van der Waals surface area contributed by atoms with Crippen LogP contribution in [-0.4, -0.2) is 43.3 Å². The zero-order chi connectivity index (χ0) is 15.0. The lowest BCUT2D eigenvalue weighted by Crippen LogP contribution is -2.34. The van der Waals surface area contributed by atoms with Crippen LogP contribution in [0.3, 0.4) is 0 Å². The van der Waals surface area contributed by atoms with Crippen molar-refractivity contribution < 1.29 is 24.2 Å². The second kappa shape index (κ2) is 8.16. The van der Waals surface area contributed by atoms with Crippen molar-refractivity contribution in [1.82, 2.24) is 5.32 Å². The van der Waals surface area contributed by atoms with E-state index in [0.717, 1.165) is 0 Å². The van der Waals surface area contributed by atoms with Gasteiger partial charge in [-0.25, -0.2) is 0 Å². The van der Waals surface area contributed by atoms with Crippen molar-refractivity contribution in [1.29, 1.82) is 0 Å². The largest absolute Gasteiger partial charge is 0.490 e. The van der Waals surface area contributed by atoms with Gasteiger partial charge in [-0.1, -0.05) is 12.1 Å². The molecule has 0 bridgehead atoms. The van der Waals surface area contributed by atoms with Gasteiger partial charge >= 0.3 is 5.97 Å². The van der Waals surface area contributed by atoms with Crippen molar-refractivity contribution in [3.05, 3.63) is 29.8 Å². The number of benzene rings is 1. The highest BCUT2D eigenvalue weighted by Gasteiger charge is 2.16. The number of nitrogens with one attached hydrogen (secondary N) is 1. The summed E-state index contributed by atoms with van der Waals surface area (Å²) in [5.74, 6) is -0.862. The number of amides is 1. The quantitative estimate of drug-likeness (QED) is 0.702. The first-order valence-corrected chi connectivity index (χ1v) is 6.28. The van der Waals surface area contributed by atoms with E-state index in [1.807, 2.05) is 0 Å². The van der Waals surface area contributed by atoms with Gasteiger partial charge < -0.3 is 19.9 Å². The highest BCUT2D eigenvalue weighted by Crippen LogP contribution is 2.18. The van der Waals surface area contributed by atoms with E-state index < -0.39 is 12.0 Å². The van der Waals surface area contributed by atoms with Crippen LogP contribution >= 0.6 is 0 Å². The van der Waals surface area contributed by atoms with Crippen LogP contribution in [0.5, 0.6) is 5.75 Å². The Labute approximate surface area is 117 Å². The minimum absolute atomic E-state index is 0.127. The van der Waals surface area contributed by atoms with E-state index in [0.29, 0.717) is 24.5 Å². The zero-order valence-corrected chi connectivity index (χ0v) is 11.6. The molecular formula is C14H19NO5. The van der Waals surface area contributed by atoms with Crippen LogP contribution in [0.2, 0.25) is 0 Å². The standard InChI is InChI=1S/C14H19NO5/c1-10(9-13(16)17)15-14(18)11-5-3-4-6-12(11)20-8-7-19-2/h3-6,10H,7-9H2,1-2H3,(H,15,18)(H,16,17)/t10-/m1/s1. The van der Waals surface area contributed by atoms with Gasteiger partial charge in [-0.15, -0.1) is 0 Å². The van der Waals surface area contributed by atoms with Crippen molar-refractivity contribution in [2.75, 3.05) is 20.3 Å². The number of rotatable bonds is 8. The Morgan fingerprint density at radius 1 is 1.30 bits per heavy atom. The fourth-order valence-electron chi connectivity index (χ4n) is 1.63. The normalized spacial score (nSPS) is 11.7. The summed E-state index contributed by atoms with van der Waals surface area (Å²) in [7, 11) is 1.57. The highest BCUT2D eigenvalue weighted by molar-refractivity contribution is 5.97. The van der Waals surface area contributed by atoms with Gasteiger partial charge in [0.25, 0.3) is 5.91 Å². The van der Waals surface area contributed by atoms with Crippen molar-refractivity contribution >= 4 is 11.9 Å². The molecule has 0 radical (unpaired) electrons. The number of carboxylic acid groups (broad SMARTS) is 1. The Bertz CT molecular complexity index is 461. The molecule has 0 saturated carbocycles. The maximum Gasteiger partial charge on any atom is 0.305 e. The molecule has 1 atom stereocenters. The Hall–Kier alpha value is -2.08. The number of carbonyl (C=O) groups is 2. The number of carboxylic acids is 1. The van der Waals surface area contributed by atoms with E-state index in [9.17, 15) is 9.59 Å². The first-order valence-electron chi connectivity index (χ1n) is 6.28. The summed E-state index contributed by atoms with van der Waals surface area (Å²) in [5.41, 5.74) is 0.376. The third kappa shape index (κ3) is 5.27. The first-order chi connectivity index (χ1) is 9.54. The molecule has 0 unspecified atom stereocenters. The summed E-state index contributed by atoms with van der Waals surface area (Å²) in [5, 5.41) is 11.3. The average Bonchev–Trinajstić information content (AvgIpc) is 2.38. The minimum Gasteiger partial charge on any atom is -0.490 e. The van der Waals surface area contributed by atoms with E-state index in [2.05, 4.69) is 5.32 Å². The van der Waals surface area contributed by atoms with E-state index >= 15 is 0 Å². The van der Waals surface area contributed by atoms with Crippen molar-refractivity contribution in [3.63, 3.8) is 0 Å². The van der Waals surface area contributed by atoms with Gasteiger partial charge in [0.1, 0.15) is 12.4 Å². The summed E-state index contributed by atoms with van der Waals surface area (Å²) in [6.07, 6.45) is -0.127. The molecule has 110 valence electrons. The lowest BCUT2D eigenvalue weighted by atomic mass is 10.1. The molecule has 0 aromatic heterocycles. The highest BCUT2D eigenvalue weighted by atomic mass is 16.5. The fourth-order valence-corrected chi connectivity index (χ4v) is 1.63. The second-order valence-corrected chi connectivity index (χ2v) is 4.31. The Kier molecular flexibility index (Phi) is 6.52. The first kappa shape index (κ1) is 16.0. The van der Waals surface area contributed by atoms with Gasteiger partial charge in [0.2, 0.25) is 0 Å². The third-order valence-corrected chi connectivity index (χ3v) is 2.54. The Balaban J connectivity index is 2.69. The molecule has 0 aliphatic carbocycles. The Morgan fingerprint density at radius 3 is 2.65 bits per heavy atom. The Morgan fingerprint density at radius 2 is 2.00 bits per heavy atom. The third-order valence-electron chi connectivity index (χ3n) is 2.54.